The number of nitrogens with one attached hydrogen (secondary N) is 1. The van der Waals surface area contributed by atoms with Crippen LogP contribution in [0.25, 0.3) is 5.65 Å². The maximum Gasteiger partial charge on any atom is 0.138 e. The van der Waals surface area contributed by atoms with Gasteiger partial charge in [0.2, 0.25) is 0 Å². The maximum atomic E-state index is 4.27. The molecular weight excluding hydrogens is 198 g/mol. The Morgan fingerprint density at radius 3 is 2.94 bits per heavy atom. The van der Waals surface area contributed by atoms with Gasteiger partial charge in [-0.1, -0.05) is 26.8 Å². The second-order valence-corrected chi connectivity index (χ2v) is 4.94. The van der Waals surface area contributed by atoms with Crippen molar-refractivity contribution in [1.29, 1.82) is 0 Å². The second kappa shape index (κ2) is 4.16. The molecule has 0 aromatic carbocycles. The first-order valence-electron chi connectivity index (χ1n) is 5.78. The SMILES string of the molecule is CCC(C)(C)CNc1cccc2nccn12. The van der Waals surface area contributed by atoms with E-state index < -0.39 is 0 Å². The van der Waals surface area contributed by atoms with Gasteiger partial charge in [0.1, 0.15) is 11.5 Å². The molecular formula is C13H19N3. The number of pyridine rings is 1. The van der Waals surface area contributed by atoms with Gasteiger partial charge >= 0.3 is 0 Å². The molecule has 2 heterocycles. The molecule has 0 amide bonds. The summed E-state index contributed by atoms with van der Waals surface area (Å²) in [6.45, 7) is 7.74. The van der Waals surface area contributed by atoms with Gasteiger partial charge in [0.25, 0.3) is 0 Å². The van der Waals surface area contributed by atoms with Crippen molar-refractivity contribution in [1.82, 2.24) is 9.38 Å². The van der Waals surface area contributed by atoms with E-state index in [9.17, 15) is 0 Å². The van der Waals surface area contributed by atoms with Crippen molar-refractivity contribution in [2.45, 2.75) is 27.2 Å². The van der Waals surface area contributed by atoms with Crippen LogP contribution in [0.4, 0.5) is 5.82 Å². The molecule has 3 heteroatoms. The monoisotopic (exact) mass is 217 g/mol. The number of anilines is 1. The number of nitrogens with zero attached hydrogens (tertiary/aromatic N) is 2. The van der Waals surface area contributed by atoms with Gasteiger partial charge in [-0.2, -0.15) is 0 Å². The highest BCUT2D eigenvalue weighted by Gasteiger charge is 2.14. The van der Waals surface area contributed by atoms with Gasteiger partial charge in [0.15, 0.2) is 0 Å². The van der Waals surface area contributed by atoms with Gasteiger partial charge in [-0.25, -0.2) is 4.98 Å². The van der Waals surface area contributed by atoms with E-state index in [1.165, 1.54) is 6.42 Å². The minimum atomic E-state index is 0.322. The van der Waals surface area contributed by atoms with E-state index in [-0.39, 0.29) is 0 Å². The molecule has 2 aromatic rings. The van der Waals surface area contributed by atoms with Gasteiger partial charge in [0.05, 0.1) is 0 Å². The highest BCUT2D eigenvalue weighted by atomic mass is 15.1. The van der Waals surface area contributed by atoms with Crippen molar-refractivity contribution in [2.75, 3.05) is 11.9 Å². The first-order chi connectivity index (χ1) is 7.62. The standard InChI is InChI=1S/C13H19N3/c1-4-13(2,3)10-15-12-7-5-6-11-14-8-9-16(11)12/h5-9,15H,4,10H2,1-3H3. The smallest absolute Gasteiger partial charge is 0.138 e. The Labute approximate surface area is 96.5 Å². The van der Waals surface area contributed by atoms with E-state index in [2.05, 4.69) is 41.5 Å². The number of rotatable bonds is 4. The van der Waals surface area contributed by atoms with Gasteiger partial charge in [-0.05, 0) is 24.0 Å². The summed E-state index contributed by atoms with van der Waals surface area (Å²) >= 11 is 0. The van der Waals surface area contributed by atoms with Crippen LogP contribution in [0.3, 0.4) is 0 Å². The maximum absolute atomic E-state index is 4.27. The highest BCUT2D eigenvalue weighted by molar-refractivity contribution is 5.49. The Morgan fingerprint density at radius 2 is 2.19 bits per heavy atom. The predicted octanol–water partition coefficient (Wildman–Crippen LogP) is 3.18. The van der Waals surface area contributed by atoms with Crippen molar-refractivity contribution in [3.05, 3.63) is 30.6 Å². The Balaban J connectivity index is 2.18. The normalized spacial score (nSPS) is 11.9. The van der Waals surface area contributed by atoms with Crippen molar-refractivity contribution in [3.8, 4) is 0 Å². The van der Waals surface area contributed by atoms with Crippen LogP contribution in [0.1, 0.15) is 27.2 Å². The molecule has 2 rings (SSSR count). The zero-order chi connectivity index (χ0) is 11.6. The van der Waals surface area contributed by atoms with Crippen LogP contribution >= 0.6 is 0 Å². The predicted molar refractivity (Wildman–Crippen MR) is 67.8 cm³/mol. The van der Waals surface area contributed by atoms with E-state index in [4.69, 9.17) is 0 Å². The van der Waals surface area contributed by atoms with Crippen LogP contribution in [-0.2, 0) is 0 Å². The molecule has 0 aliphatic rings. The van der Waals surface area contributed by atoms with Crippen molar-refractivity contribution >= 4 is 11.5 Å². The van der Waals surface area contributed by atoms with Gasteiger partial charge in [-0.15, -0.1) is 0 Å². The zero-order valence-electron chi connectivity index (χ0n) is 10.2. The summed E-state index contributed by atoms with van der Waals surface area (Å²) in [5, 5.41) is 3.49. The van der Waals surface area contributed by atoms with Crippen LogP contribution in [0, 0.1) is 5.41 Å². The first kappa shape index (κ1) is 11.0. The number of hydrogen-bond acceptors (Lipinski definition) is 2. The summed E-state index contributed by atoms with van der Waals surface area (Å²) in [7, 11) is 0. The van der Waals surface area contributed by atoms with Crippen molar-refractivity contribution in [3.63, 3.8) is 0 Å². The van der Waals surface area contributed by atoms with Crippen LogP contribution in [-0.4, -0.2) is 15.9 Å². The van der Waals surface area contributed by atoms with E-state index in [1.54, 1.807) is 0 Å². The lowest BCUT2D eigenvalue weighted by molar-refractivity contribution is 0.376. The molecule has 0 aliphatic heterocycles. The fourth-order valence-electron chi connectivity index (χ4n) is 1.55. The lowest BCUT2D eigenvalue weighted by Gasteiger charge is -2.23. The molecule has 1 N–H and O–H groups in total. The molecule has 3 nitrogen and oxygen atoms in total. The lowest BCUT2D eigenvalue weighted by Crippen LogP contribution is -2.22. The second-order valence-electron chi connectivity index (χ2n) is 4.94. The molecule has 0 bridgehead atoms. The third-order valence-electron chi connectivity index (χ3n) is 3.13. The van der Waals surface area contributed by atoms with Crippen LogP contribution in [0.2, 0.25) is 0 Å². The molecule has 0 saturated carbocycles. The lowest BCUT2D eigenvalue weighted by atomic mass is 9.90. The molecule has 0 saturated heterocycles. The zero-order valence-corrected chi connectivity index (χ0v) is 10.2. The largest absolute Gasteiger partial charge is 0.371 e. The number of imidazole rings is 1. The third-order valence-corrected chi connectivity index (χ3v) is 3.13. The van der Waals surface area contributed by atoms with Crippen molar-refractivity contribution < 1.29 is 0 Å². The summed E-state index contributed by atoms with van der Waals surface area (Å²) in [5.74, 6) is 1.11. The molecule has 2 aromatic heterocycles. The van der Waals surface area contributed by atoms with Crippen LogP contribution in [0.15, 0.2) is 30.6 Å². The minimum absolute atomic E-state index is 0.322. The van der Waals surface area contributed by atoms with E-state index in [0.717, 1.165) is 18.0 Å². The molecule has 0 radical (unpaired) electrons. The quantitative estimate of drug-likeness (QED) is 0.852. The summed E-state index contributed by atoms with van der Waals surface area (Å²) in [6.07, 6.45) is 4.97. The number of aromatic nitrogens is 2. The van der Waals surface area contributed by atoms with E-state index in [0.29, 0.717) is 5.41 Å². The van der Waals surface area contributed by atoms with E-state index in [1.807, 2.05) is 24.5 Å². The molecule has 0 fully saturated rings. The fraction of sp³-hybridized carbons (Fsp3) is 0.462. The number of fused-ring (bicyclic) bond motifs is 1. The molecule has 16 heavy (non-hydrogen) atoms. The summed E-state index contributed by atoms with van der Waals surface area (Å²) in [6, 6.07) is 6.13. The van der Waals surface area contributed by atoms with E-state index >= 15 is 0 Å². The van der Waals surface area contributed by atoms with Crippen molar-refractivity contribution in [2.24, 2.45) is 5.41 Å². The molecule has 86 valence electrons. The molecule has 0 atom stereocenters. The Morgan fingerprint density at radius 1 is 1.38 bits per heavy atom. The molecule has 0 unspecified atom stereocenters. The fourth-order valence-corrected chi connectivity index (χ4v) is 1.55. The van der Waals surface area contributed by atoms with Crippen LogP contribution < -0.4 is 5.32 Å². The minimum Gasteiger partial charge on any atom is -0.371 e. The summed E-state index contributed by atoms with van der Waals surface area (Å²) < 4.78 is 2.08. The van der Waals surface area contributed by atoms with Crippen LogP contribution in [0.5, 0.6) is 0 Å². The average molecular weight is 217 g/mol. The Bertz CT molecular complexity index is 471. The first-order valence-corrected chi connectivity index (χ1v) is 5.78. The third kappa shape index (κ3) is 2.18. The Hall–Kier alpha value is -1.51. The van der Waals surface area contributed by atoms with Gasteiger partial charge < -0.3 is 5.32 Å². The summed E-state index contributed by atoms with van der Waals surface area (Å²) in [5.41, 5.74) is 1.31. The molecule has 0 aliphatic carbocycles. The summed E-state index contributed by atoms with van der Waals surface area (Å²) in [4.78, 5) is 4.27. The van der Waals surface area contributed by atoms with Gasteiger partial charge in [0, 0.05) is 18.9 Å². The topological polar surface area (TPSA) is 29.3 Å². The molecule has 0 spiro atoms. The number of hydrogen-bond donors (Lipinski definition) is 1. The van der Waals surface area contributed by atoms with Gasteiger partial charge in [-0.3, -0.25) is 4.40 Å². The average Bonchev–Trinajstić information content (AvgIpc) is 2.75. The highest BCUT2D eigenvalue weighted by Crippen LogP contribution is 2.20. The Kier molecular flexibility index (Phi) is 2.86.